The van der Waals surface area contributed by atoms with Gasteiger partial charge < -0.3 is 16.0 Å². The normalized spacial score (nSPS) is 19.5. The van der Waals surface area contributed by atoms with E-state index in [0.29, 0.717) is 6.42 Å². The number of nitrogens with two attached hydrogens (primary N) is 1. The predicted octanol–water partition coefficient (Wildman–Crippen LogP) is -0.416. The van der Waals surface area contributed by atoms with Crippen LogP contribution in [0.4, 0.5) is 0 Å². The second kappa shape index (κ2) is 5.55. The van der Waals surface area contributed by atoms with Crippen LogP contribution in [-0.2, 0) is 20.8 Å². The number of hydrogen-bond acceptors (Lipinski definition) is 4. The van der Waals surface area contributed by atoms with Gasteiger partial charge in [0.2, 0.25) is 5.91 Å². The van der Waals surface area contributed by atoms with E-state index in [1.807, 2.05) is 30.5 Å². The molecule has 2 heterocycles. The lowest BCUT2D eigenvalue weighted by Gasteiger charge is -2.14. The molecule has 0 aliphatic carbocycles. The Bertz CT molecular complexity index is 682. The van der Waals surface area contributed by atoms with E-state index >= 15 is 0 Å². The average molecular weight is 288 g/mol. The number of rotatable bonds is 4. The van der Waals surface area contributed by atoms with Gasteiger partial charge in [-0.15, -0.1) is 0 Å². The molecule has 0 radical (unpaired) electrons. The largest absolute Gasteiger partial charge is 0.361 e. The van der Waals surface area contributed by atoms with Gasteiger partial charge >= 0.3 is 0 Å². The Morgan fingerprint density at radius 3 is 3.05 bits per heavy atom. The lowest BCUT2D eigenvalue weighted by atomic mass is 10.0. The predicted molar refractivity (Wildman–Crippen MR) is 76.0 cm³/mol. The summed E-state index contributed by atoms with van der Waals surface area (Å²) >= 11 is 0. The van der Waals surface area contributed by atoms with Crippen LogP contribution in [0.3, 0.4) is 0 Å². The zero-order valence-electron chi connectivity index (χ0n) is 11.3. The van der Waals surface area contributed by atoms with Crippen LogP contribution in [-0.4, -0.2) is 35.5 Å². The Kier molecular flexibility index (Phi) is 3.59. The molecule has 1 saturated heterocycles. The molecule has 0 spiro atoms. The molecule has 1 fully saturated rings. The molecule has 2 amide bonds. The molecule has 1 aromatic heterocycles. The quantitative estimate of drug-likeness (QED) is 0.613. The molecule has 1 aromatic carbocycles. The highest BCUT2D eigenvalue weighted by molar-refractivity contribution is 5.91. The van der Waals surface area contributed by atoms with E-state index in [4.69, 9.17) is 10.6 Å². The fraction of sp³-hybridized carbons (Fsp3) is 0.286. The summed E-state index contributed by atoms with van der Waals surface area (Å²) < 4.78 is 0. The van der Waals surface area contributed by atoms with Crippen LogP contribution in [0.5, 0.6) is 0 Å². The molecule has 1 aliphatic rings. The van der Waals surface area contributed by atoms with Gasteiger partial charge in [-0.1, -0.05) is 18.2 Å². The summed E-state index contributed by atoms with van der Waals surface area (Å²) in [5, 5.41) is 3.62. The van der Waals surface area contributed by atoms with Crippen molar-refractivity contribution in [2.45, 2.75) is 18.5 Å². The molecular formula is C14H16N4O3. The number of aromatic amines is 1. The zero-order chi connectivity index (χ0) is 14.8. The molecular weight excluding hydrogens is 272 g/mol. The van der Waals surface area contributed by atoms with Crippen molar-refractivity contribution >= 4 is 22.7 Å². The highest BCUT2D eigenvalue weighted by Crippen LogP contribution is 2.18. The van der Waals surface area contributed by atoms with E-state index < -0.39 is 12.1 Å². The van der Waals surface area contributed by atoms with Crippen LogP contribution in [0, 0.1) is 0 Å². The van der Waals surface area contributed by atoms with E-state index in [-0.39, 0.29) is 18.4 Å². The summed E-state index contributed by atoms with van der Waals surface area (Å²) in [5.74, 6) is -0.728. The molecule has 1 aliphatic heterocycles. The molecule has 0 bridgehead atoms. The van der Waals surface area contributed by atoms with Crippen molar-refractivity contribution in [3.05, 3.63) is 36.0 Å². The second-order valence-corrected chi connectivity index (χ2v) is 5.01. The second-order valence-electron chi connectivity index (χ2n) is 5.01. The highest BCUT2D eigenvalue weighted by atomic mass is 16.7. The van der Waals surface area contributed by atoms with Gasteiger partial charge in [-0.05, 0) is 18.1 Å². The SMILES string of the molecule is NC(Cc1c[nH]c2ccccc12)C(=O)N[C@@H]1CONC1=O. The first-order valence-electron chi connectivity index (χ1n) is 6.68. The number of carbonyl (C=O) groups excluding carboxylic acids is 2. The van der Waals surface area contributed by atoms with Crippen LogP contribution in [0.15, 0.2) is 30.5 Å². The van der Waals surface area contributed by atoms with Crippen molar-refractivity contribution in [2.75, 3.05) is 6.61 Å². The van der Waals surface area contributed by atoms with Gasteiger partial charge in [-0.2, -0.15) is 0 Å². The molecule has 110 valence electrons. The molecule has 0 saturated carbocycles. The van der Waals surface area contributed by atoms with Crippen LogP contribution in [0.1, 0.15) is 5.56 Å². The monoisotopic (exact) mass is 288 g/mol. The maximum absolute atomic E-state index is 12.0. The van der Waals surface area contributed by atoms with Gasteiger partial charge in [-0.3, -0.25) is 14.4 Å². The van der Waals surface area contributed by atoms with Gasteiger partial charge in [0, 0.05) is 17.1 Å². The molecule has 7 heteroatoms. The van der Waals surface area contributed by atoms with Crippen molar-refractivity contribution in [1.82, 2.24) is 15.8 Å². The maximum atomic E-state index is 12.0. The molecule has 3 rings (SSSR count). The summed E-state index contributed by atoms with van der Waals surface area (Å²) in [7, 11) is 0. The standard InChI is InChI=1S/C14H16N4O3/c15-10(13(19)17-12-7-21-18-14(12)20)5-8-6-16-11-4-2-1-3-9(8)11/h1-4,6,10,12,16H,5,7,15H2,(H,17,19)(H,18,20)/t10?,12-/m1/s1. The number of benzene rings is 1. The number of amides is 2. The fourth-order valence-corrected chi connectivity index (χ4v) is 2.36. The summed E-state index contributed by atoms with van der Waals surface area (Å²) in [4.78, 5) is 31.2. The van der Waals surface area contributed by atoms with Crippen molar-refractivity contribution in [1.29, 1.82) is 0 Å². The third-order valence-corrected chi connectivity index (χ3v) is 3.51. The molecule has 2 aromatic rings. The van der Waals surface area contributed by atoms with Crippen LogP contribution in [0.25, 0.3) is 10.9 Å². The van der Waals surface area contributed by atoms with Crippen molar-refractivity contribution in [2.24, 2.45) is 5.73 Å². The lowest BCUT2D eigenvalue weighted by molar-refractivity contribution is -0.129. The number of H-pyrrole nitrogens is 1. The topological polar surface area (TPSA) is 109 Å². The van der Waals surface area contributed by atoms with E-state index in [0.717, 1.165) is 16.5 Å². The third kappa shape index (κ3) is 2.74. The van der Waals surface area contributed by atoms with Gasteiger partial charge in [0.1, 0.15) is 12.6 Å². The molecule has 7 nitrogen and oxygen atoms in total. The average Bonchev–Trinajstić information content (AvgIpc) is 3.07. The molecule has 5 N–H and O–H groups in total. The van der Waals surface area contributed by atoms with Crippen molar-refractivity contribution in [3.8, 4) is 0 Å². The Morgan fingerprint density at radius 2 is 2.29 bits per heavy atom. The number of carbonyl (C=O) groups is 2. The zero-order valence-corrected chi connectivity index (χ0v) is 11.3. The Hall–Kier alpha value is -2.38. The number of hydroxylamine groups is 1. The molecule has 21 heavy (non-hydrogen) atoms. The smallest absolute Gasteiger partial charge is 0.268 e. The fourth-order valence-electron chi connectivity index (χ4n) is 2.36. The van der Waals surface area contributed by atoms with Crippen molar-refractivity contribution < 1.29 is 14.4 Å². The number of fused-ring (bicyclic) bond motifs is 1. The third-order valence-electron chi connectivity index (χ3n) is 3.51. The maximum Gasteiger partial charge on any atom is 0.268 e. The summed E-state index contributed by atoms with van der Waals surface area (Å²) in [6.07, 6.45) is 2.24. The number of nitrogens with one attached hydrogen (secondary N) is 3. The summed E-state index contributed by atoms with van der Waals surface area (Å²) in [5.41, 5.74) is 10.1. The number of aromatic nitrogens is 1. The minimum absolute atomic E-state index is 0.115. The van der Waals surface area contributed by atoms with E-state index in [1.165, 1.54) is 0 Å². The van der Waals surface area contributed by atoms with Gasteiger partial charge in [0.25, 0.3) is 5.91 Å². The van der Waals surface area contributed by atoms with E-state index in [2.05, 4.69) is 15.8 Å². The van der Waals surface area contributed by atoms with Crippen LogP contribution < -0.4 is 16.5 Å². The van der Waals surface area contributed by atoms with Crippen LogP contribution in [0.2, 0.25) is 0 Å². The first-order chi connectivity index (χ1) is 10.1. The Labute approximate surface area is 120 Å². The Morgan fingerprint density at radius 1 is 1.48 bits per heavy atom. The minimum Gasteiger partial charge on any atom is -0.361 e. The first kappa shape index (κ1) is 13.6. The van der Waals surface area contributed by atoms with Crippen LogP contribution >= 0.6 is 0 Å². The molecule has 1 unspecified atom stereocenters. The molecule has 2 atom stereocenters. The summed E-state index contributed by atoms with van der Waals surface area (Å²) in [6, 6.07) is 6.41. The van der Waals surface area contributed by atoms with Crippen molar-refractivity contribution in [3.63, 3.8) is 0 Å². The van der Waals surface area contributed by atoms with Gasteiger partial charge in [0.15, 0.2) is 0 Å². The summed E-state index contributed by atoms with van der Waals surface area (Å²) in [6.45, 7) is 0.115. The van der Waals surface area contributed by atoms with E-state index in [9.17, 15) is 9.59 Å². The van der Waals surface area contributed by atoms with Gasteiger partial charge in [-0.25, -0.2) is 5.48 Å². The number of hydrogen-bond donors (Lipinski definition) is 4. The van der Waals surface area contributed by atoms with Gasteiger partial charge in [0.05, 0.1) is 6.04 Å². The van der Waals surface area contributed by atoms with E-state index in [1.54, 1.807) is 0 Å². The highest BCUT2D eigenvalue weighted by Gasteiger charge is 2.29. The Balaban J connectivity index is 1.66. The first-order valence-corrected chi connectivity index (χ1v) is 6.68. The lowest BCUT2D eigenvalue weighted by Crippen LogP contribution is -2.49. The minimum atomic E-state index is -0.724. The number of para-hydroxylation sites is 1.